The van der Waals surface area contributed by atoms with E-state index >= 15 is 0 Å². The van der Waals surface area contributed by atoms with Crippen molar-refractivity contribution < 1.29 is 9.90 Å². The van der Waals surface area contributed by atoms with Gasteiger partial charge in [0.1, 0.15) is 5.60 Å². The molecule has 0 amide bonds. The van der Waals surface area contributed by atoms with Gasteiger partial charge >= 0.3 is 0 Å². The van der Waals surface area contributed by atoms with E-state index in [0.717, 1.165) is 52.3 Å². The lowest BCUT2D eigenvalue weighted by molar-refractivity contribution is 0.0116. The SMILES string of the molecule is CCc1ccc2sc3ccccc3c(=O)c2c1CC.O=C(c1ccccc1)C1(O)CCCCC1. The highest BCUT2D eigenvalue weighted by atomic mass is 32.1. The monoisotopic (exact) mass is 472 g/mol. The van der Waals surface area contributed by atoms with Gasteiger partial charge in [0, 0.05) is 25.7 Å². The Bertz CT molecular complexity index is 1350. The van der Waals surface area contributed by atoms with Crippen molar-refractivity contribution in [2.45, 2.75) is 64.4 Å². The summed E-state index contributed by atoms with van der Waals surface area (Å²) in [5.41, 5.74) is 2.25. The lowest BCUT2D eigenvalue weighted by Crippen LogP contribution is -2.40. The first-order valence-corrected chi connectivity index (χ1v) is 13.1. The predicted molar refractivity (Wildman–Crippen MR) is 143 cm³/mol. The highest BCUT2D eigenvalue weighted by Crippen LogP contribution is 2.31. The summed E-state index contributed by atoms with van der Waals surface area (Å²) >= 11 is 1.71. The summed E-state index contributed by atoms with van der Waals surface area (Å²) in [5.74, 6) is -0.109. The second kappa shape index (κ2) is 10.6. The molecule has 1 aliphatic rings. The normalized spacial score (nSPS) is 15.0. The zero-order valence-corrected chi connectivity index (χ0v) is 20.8. The smallest absolute Gasteiger partial charge is 0.196 e. The summed E-state index contributed by atoms with van der Waals surface area (Å²) in [6.45, 7) is 4.28. The van der Waals surface area contributed by atoms with Gasteiger partial charge in [0.2, 0.25) is 0 Å². The van der Waals surface area contributed by atoms with Crippen LogP contribution in [-0.2, 0) is 12.8 Å². The first-order chi connectivity index (χ1) is 16.5. The Morgan fingerprint density at radius 1 is 0.853 bits per heavy atom. The molecule has 3 aromatic carbocycles. The van der Waals surface area contributed by atoms with Crippen LogP contribution in [0.4, 0.5) is 0 Å². The first-order valence-electron chi connectivity index (χ1n) is 12.3. The molecule has 0 atom stereocenters. The minimum atomic E-state index is -1.10. The number of carbonyl (C=O) groups is 1. The second-order valence-electron chi connectivity index (χ2n) is 9.00. The Morgan fingerprint density at radius 2 is 1.53 bits per heavy atom. The largest absolute Gasteiger partial charge is 0.382 e. The van der Waals surface area contributed by atoms with Crippen LogP contribution in [0.5, 0.6) is 0 Å². The summed E-state index contributed by atoms with van der Waals surface area (Å²) in [5, 5.41) is 12.0. The van der Waals surface area contributed by atoms with Gasteiger partial charge in [-0.2, -0.15) is 0 Å². The molecule has 4 heteroatoms. The van der Waals surface area contributed by atoms with E-state index < -0.39 is 5.60 Å². The molecular formula is C30H32O3S. The van der Waals surface area contributed by atoms with Crippen LogP contribution in [0, 0.1) is 0 Å². The summed E-state index contributed by atoms with van der Waals surface area (Å²) in [6, 6.07) is 21.3. The number of aliphatic hydroxyl groups is 1. The van der Waals surface area contributed by atoms with Gasteiger partial charge in [-0.25, -0.2) is 0 Å². The third-order valence-electron chi connectivity index (χ3n) is 6.82. The van der Waals surface area contributed by atoms with Crippen molar-refractivity contribution in [3.05, 3.63) is 93.6 Å². The number of hydrogen-bond donors (Lipinski definition) is 1. The van der Waals surface area contributed by atoms with Crippen LogP contribution in [0.15, 0.2) is 71.5 Å². The molecule has 0 saturated heterocycles. The van der Waals surface area contributed by atoms with Crippen molar-refractivity contribution in [2.24, 2.45) is 0 Å². The molecule has 0 aliphatic heterocycles. The van der Waals surface area contributed by atoms with Crippen LogP contribution < -0.4 is 5.43 Å². The fourth-order valence-corrected chi connectivity index (χ4v) is 6.07. The Morgan fingerprint density at radius 3 is 2.21 bits per heavy atom. The number of hydrogen-bond acceptors (Lipinski definition) is 4. The molecule has 176 valence electrons. The maximum Gasteiger partial charge on any atom is 0.196 e. The molecule has 0 spiro atoms. The minimum Gasteiger partial charge on any atom is -0.382 e. The topological polar surface area (TPSA) is 54.4 Å². The van der Waals surface area contributed by atoms with Crippen LogP contribution in [0.25, 0.3) is 20.2 Å². The minimum absolute atomic E-state index is 0.109. The molecule has 1 aromatic heterocycles. The van der Waals surface area contributed by atoms with Gasteiger partial charge in [-0.3, -0.25) is 9.59 Å². The summed E-state index contributed by atoms with van der Waals surface area (Å²) in [7, 11) is 0. The van der Waals surface area contributed by atoms with Gasteiger partial charge < -0.3 is 5.11 Å². The zero-order chi connectivity index (χ0) is 24.1. The maximum atomic E-state index is 12.7. The zero-order valence-electron chi connectivity index (χ0n) is 20.0. The quantitative estimate of drug-likeness (QED) is 0.254. The highest BCUT2D eigenvalue weighted by Gasteiger charge is 2.37. The number of rotatable bonds is 4. The van der Waals surface area contributed by atoms with E-state index in [1.54, 1.807) is 23.5 Å². The molecule has 4 aromatic rings. The highest BCUT2D eigenvalue weighted by molar-refractivity contribution is 7.24. The van der Waals surface area contributed by atoms with Gasteiger partial charge in [-0.05, 0) is 55.0 Å². The number of carbonyl (C=O) groups excluding carboxylic acids is 1. The average molecular weight is 473 g/mol. The first kappa shape index (κ1) is 24.3. The van der Waals surface area contributed by atoms with E-state index in [0.29, 0.717) is 18.4 Å². The molecule has 0 bridgehead atoms. The number of ketones is 1. The number of aryl methyl sites for hydroxylation is 2. The molecule has 1 saturated carbocycles. The van der Waals surface area contributed by atoms with Crippen molar-refractivity contribution in [1.29, 1.82) is 0 Å². The average Bonchev–Trinajstić information content (AvgIpc) is 2.89. The van der Waals surface area contributed by atoms with Crippen LogP contribution in [0.1, 0.15) is 67.4 Å². The van der Waals surface area contributed by atoms with Crippen molar-refractivity contribution in [3.8, 4) is 0 Å². The number of fused-ring (bicyclic) bond motifs is 2. The maximum absolute atomic E-state index is 12.7. The molecular weight excluding hydrogens is 440 g/mol. The van der Waals surface area contributed by atoms with Crippen LogP contribution in [0.3, 0.4) is 0 Å². The predicted octanol–water partition coefficient (Wildman–Crippen LogP) is 7.10. The lowest BCUT2D eigenvalue weighted by atomic mass is 9.79. The summed E-state index contributed by atoms with van der Waals surface area (Å²) < 4.78 is 2.18. The van der Waals surface area contributed by atoms with Gasteiger partial charge in [-0.1, -0.05) is 81.6 Å². The molecule has 1 N–H and O–H groups in total. The van der Waals surface area contributed by atoms with E-state index in [-0.39, 0.29) is 11.2 Å². The third kappa shape index (κ3) is 4.84. The van der Waals surface area contributed by atoms with E-state index in [2.05, 4.69) is 26.0 Å². The Labute approximate surface area is 205 Å². The summed E-state index contributed by atoms with van der Waals surface area (Å²) in [4.78, 5) is 24.8. The Hall–Kier alpha value is -2.82. The molecule has 0 radical (unpaired) electrons. The van der Waals surface area contributed by atoms with Gasteiger partial charge in [-0.15, -0.1) is 11.3 Å². The fourth-order valence-electron chi connectivity index (χ4n) is 4.96. The Kier molecular flexibility index (Phi) is 7.60. The molecule has 1 fully saturated rings. The van der Waals surface area contributed by atoms with E-state index in [9.17, 15) is 14.7 Å². The number of Topliss-reactive ketones (excluding diaryl/α,β-unsaturated/α-hetero) is 1. The van der Waals surface area contributed by atoms with E-state index in [1.807, 2.05) is 42.5 Å². The van der Waals surface area contributed by atoms with Gasteiger partial charge in [0.05, 0.1) is 0 Å². The molecule has 1 heterocycles. The third-order valence-corrected chi connectivity index (χ3v) is 7.96. The molecule has 34 heavy (non-hydrogen) atoms. The van der Waals surface area contributed by atoms with Crippen molar-refractivity contribution >= 4 is 37.3 Å². The van der Waals surface area contributed by atoms with Gasteiger partial charge in [0.15, 0.2) is 11.2 Å². The lowest BCUT2D eigenvalue weighted by Gasteiger charge is -2.30. The molecule has 1 aliphatic carbocycles. The van der Waals surface area contributed by atoms with Crippen molar-refractivity contribution in [3.63, 3.8) is 0 Å². The Balaban J connectivity index is 0.000000166. The van der Waals surface area contributed by atoms with Crippen LogP contribution >= 0.6 is 11.3 Å². The standard InChI is InChI=1S/C17H16OS.C13H16O2/c1-3-11-9-10-15-16(12(11)4-2)17(18)13-7-5-6-8-14(13)19-15;14-12(11-7-3-1-4-8-11)13(15)9-5-2-6-10-13/h5-10H,3-4H2,1-2H3;1,3-4,7-8,15H,2,5-6,9-10H2. The molecule has 5 rings (SSSR count). The molecule has 3 nitrogen and oxygen atoms in total. The molecule has 0 unspecified atom stereocenters. The number of benzene rings is 3. The van der Waals surface area contributed by atoms with Crippen molar-refractivity contribution in [2.75, 3.05) is 0 Å². The van der Waals surface area contributed by atoms with Crippen LogP contribution in [-0.4, -0.2) is 16.5 Å². The van der Waals surface area contributed by atoms with Gasteiger partial charge in [0.25, 0.3) is 0 Å². The fraction of sp³-hybridized carbons (Fsp3) is 0.333. The van der Waals surface area contributed by atoms with E-state index in [4.69, 9.17) is 0 Å². The summed E-state index contributed by atoms with van der Waals surface area (Å²) in [6.07, 6.45) is 6.16. The van der Waals surface area contributed by atoms with Crippen molar-refractivity contribution in [1.82, 2.24) is 0 Å². The van der Waals surface area contributed by atoms with Crippen LogP contribution in [0.2, 0.25) is 0 Å². The van der Waals surface area contributed by atoms with E-state index in [1.165, 1.54) is 11.1 Å². The second-order valence-corrected chi connectivity index (χ2v) is 10.1.